The summed E-state index contributed by atoms with van der Waals surface area (Å²) in [6.07, 6.45) is 2.28. The van der Waals surface area contributed by atoms with E-state index >= 15 is 0 Å². The van der Waals surface area contributed by atoms with Gasteiger partial charge in [-0.3, -0.25) is 0 Å². The Bertz CT molecular complexity index is 416. The molecule has 5 heteroatoms. The van der Waals surface area contributed by atoms with Gasteiger partial charge in [0.25, 0.3) is 0 Å². The normalized spacial score (nSPS) is 23.8. The third-order valence-electron chi connectivity index (χ3n) is 3.64. The highest BCUT2D eigenvalue weighted by Crippen LogP contribution is 2.24. The standard InChI is InChI=1S/C15H22ClNO3/c16-12-4-2-5-14(7-12)20-10-13(18)9-17-8-11-3-1-6-15(11)19/h2,4-5,7,11,13,15,17-19H,1,3,6,8-10H2. The van der Waals surface area contributed by atoms with Crippen molar-refractivity contribution in [3.8, 4) is 5.75 Å². The molecule has 4 nitrogen and oxygen atoms in total. The highest BCUT2D eigenvalue weighted by Gasteiger charge is 2.24. The van der Waals surface area contributed by atoms with Crippen LogP contribution in [0.4, 0.5) is 0 Å². The third-order valence-corrected chi connectivity index (χ3v) is 3.88. The molecule has 1 aliphatic rings. The van der Waals surface area contributed by atoms with Crippen LogP contribution in [0.15, 0.2) is 24.3 Å². The van der Waals surface area contributed by atoms with E-state index in [0.717, 1.165) is 25.8 Å². The Labute approximate surface area is 124 Å². The lowest BCUT2D eigenvalue weighted by Crippen LogP contribution is -2.35. The van der Waals surface area contributed by atoms with E-state index in [1.165, 1.54) is 0 Å². The van der Waals surface area contributed by atoms with Crippen LogP contribution in [0.2, 0.25) is 5.02 Å². The first-order chi connectivity index (χ1) is 9.65. The Hall–Kier alpha value is -0.810. The number of ether oxygens (including phenoxy) is 1. The molecule has 0 spiro atoms. The second kappa shape index (κ2) is 7.84. The minimum atomic E-state index is -0.576. The van der Waals surface area contributed by atoms with Crippen LogP contribution in [0.25, 0.3) is 0 Å². The van der Waals surface area contributed by atoms with Crippen LogP contribution in [-0.2, 0) is 0 Å². The molecule has 20 heavy (non-hydrogen) atoms. The number of nitrogens with one attached hydrogen (secondary N) is 1. The molecule has 1 fully saturated rings. The van der Waals surface area contributed by atoms with Crippen molar-refractivity contribution in [1.29, 1.82) is 0 Å². The Kier molecular flexibility index (Phi) is 6.10. The number of hydrogen-bond acceptors (Lipinski definition) is 4. The van der Waals surface area contributed by atoms with Gasteiger partial charge < -0.3 is 20.3 Å². The first-order valence-electron chi connectivity index (χ1n) is 7.10. The molecule has 1 saturated carbocycles. The summed E-state index contributed by atoms with van der Waals surface area (Å²) in [4.78, 5) is 0. The van der Waals surface area contributed by atoms with E-state index in [-0.39, 0.29) is 12.7 Å². The number of benzene rings is 1. The molecule has 0 heterocycles. The zero-order chi connectivity index (χ0) is 14.4. The van der Waals surface area contributed by atoms with Crippen LogP contribution in [0.1, 0.15) is 19.3 Å². The van der Waals surface area contributed by atoms with Crippen LogP contribution in [-0.4, -0.2) is 42.1 Å². The molecule has 0 saturated heterocycles. The molecule has 0 radical (unpaired) electrons. The monoisotopic (exact) mass is 299 g/mol. The van der Waals surface area contributed by atoms with Crippen molar-refractivity contribution in [1.82, 2.24) is 5.32 Å². The number of hydrogen-bond donors (Lipinski definition) is 3. The van der Waals surface area contributed by atoms with E-state index in [2.05, 4.69) is 5.32 Å². The van der Waals surface area contributed by atoms with Gasteiger partial charge >= 0.3 is 0 Å². The van der Waals surface area contributed by atoms with Gasteiger partial charge in [0.05, 0.1) is 6.10 Å². The minimum absolute atomic E-state index is 0.192. The van der Waals surface area contributed by atoms with Gasteiger partial charge in [-0.1, -0.05) is 24.1 Å². The number of aliphatic hydroxyl groups is 2. The zero-order valence-corrected chi connectivity index (χ0v) is 12.2. The van der Waals surface area contributed by atoms with Gasteiger partial charge in [-0.25, -0.2) is 0 Å². The first-order valence-corrected chi connectivity index (χ1v) is 7.48. The fourth-order valence-corrected chi connectivity index (χ4v) is 2.68. The molecule has 3 atom stereocenters. The van der Waals surface area contributed by atoms with Crippen molar-refractivity contribution in [2.24, 2.45) is 5.92 Å². The van der Waals surface area contributed by atoms with Gasteiger partial charge in [-0.2, -0.15) is 0 Å². The largest absolute Gasteiger partial charge is 0.491 e. The van der Waals surface area contributed by atoms with Crippen LogP contribution < -0.4 is 10.1 Å². The Morgan fingerprint density at radius 1 is 1.40 bits per heavy atom. The van der Waals surface area contributed by atoms with Crippen molar-refractivity contribution in [3.63, 3.8) is 0 Å². The van der Waals surface area contributed by atoms with Crippen LogP contribution in [0.5, 0.6) is 5.75 Å². The molecule has 0 bridgehead atoms. The summed E-state index contributed by atoms with van der Waals surface area (Å²) >= 11 is 5.85. The summed E-state index contributed by atoms with van der Waals surface area (Å²) in [5, 5.41) is 23.3. The summed E-state index contributed by atoms with van der Waals surface area (Å²) in [7, 11) is 0. The molecule has 0 aromatic heterocycles. The summed E-state index contributed by atoms with van der Waals surface area (Å²) in [6.45, 7) is 1.43. The lowest BCUT2D eigenvalue weighted by atomic mass is 10.1. The average molecular weight is 300 g/mol. The summed E-state index contributed by atoms with van der Waals surface area (Å²) in [6, 6.07) is 7.11. The predicted molar refractivity (Wildman–Crippen MR) is 79.2 cm³/mol. The van der Waals surface area contributed by atoms with Crippen LogP contribution in [0, 0.1) is 5.92 Å². The Balaban J connectivity index is 1.61. The average Bonchev–Trinajstić information content (AvgIpc) is 2.82. The number of halogens is 1. The molecule has 3 unspecified atom stereocenters. The molecule has 2 rings (SSSR count). The lowest BCUT2D eigenvalue weighted by molar-refractivity contribution is 0.0981. The minimum Gasteiger partial charge on any atom is -0.491 e. The number of rotatable bonds is 7. The Morgan fingerprint density at radius 2 is 2.25 bits per heavy atom. The Morgan fingerprint density at radius 3 is 2.95 bits per heavy atom. The molecular formula is C15H22ClNO3. The SMILES string of the molecule is OC(CNCC1CCCC1O)COc1cccc(Cl)c1. The second-order valence-corrected chi connectivity index (χ2v) is 5.78. The summed E-state index contributed by atoms with van der Waals surface area (Å²) < 4.78 is 5.47. The second-order valence-electron chi connectivity index (χ2n) is 5.34. The maximum Gasteiger partial charge on any atom is 0.120 e. The molecule has 0 amide bonds. The predicted octanol–water partition coefficient (Wildman–Crippen LogP) is 1.83. The van der Waals surface area contributed by atoms with Crippen molar-refractivity contribution >= 4 is 11.6 Å². The van der Waals surface area contributed by atoms with E-state index in [1.54, 1.807) is 18.2 Å². The maximum atomic E-state index is 9.84. The van der Waals surface area contributed by atoms with Gasteiger partial charge in [0, 0.05) is 18.1 Å². The van der Waals surface area contributed by atoms with Gasteiger partial charge in [0.1, 0.15) is 18.5 Å². The molecule has 3 N–H and O–H groups in total. The van der Waals surface area contributed by atoms with Crippen molar-refractivity contribution in [3.05, 3.63) is 29.3 Å². The topological polar surface area (TPSA) is 61.7 Å². The van der Waals surface area contributed by atoms with Crippen LogP contribution >= 0.6 is 11.6 Å². The van der Waals surface area contributed by atoms with Gasteiger partial charge in [0.2, 0.25) is 0 Å². The van der Waals surface area contributed by atoms with E-state index < -0.39 is 6.10 Å². The zero-order valence-electron chi connectivity index (χ0n) is 11.5. The van der Waals surface area contributed by atoms with E-state index in [0.29, 0.717) is 23.2 Å². The van der Waals surface area contributed by atoms with E-state index in [1.807, 2.05) is 6.07 Å². The van der Waals surface area contributed by atoms with Gasteiger partial charge in [-0.05, 0) is 37.0 Å². The number of aliphatic hydroxyl groups excluding tert-OH is 2. The molecule has 0 aliphatic heterocycles. The smallest absolute Gasteiger partial charge is 0.120 e. The molecule has 1 aromatic carbocycles. The lowest BCUT2D eigenvalue weighted by Gasteiger charge is -2.17. The van der Waals surface area contributed by atoms with Crippen molar-refractivity contribution in [2.45, 2.75) is 31.5 Å². The quantitative estimate of drug-likeness (QED) is 0.719. The first kappa shape index (κ1) is 15.6. The summed E-state index contributed by atoms with van der Waals surface area (Å²) in [5.74, 6) is 0.971. The fraction of sp³-hybridized carbons (Fsp3) is 0.600. The van der Waals surface area contributed by atoms with Crippen LogP contribution in [0.3, 0.4) is 0 Å². The third kappa shape index (κ3) is 4.94. The van der Waals surface area contributed by atoms with Gasteiger partial charge in [0.15, 0.2) is 0 Å². The molecule has 1 aromatic rings. The van der Waals surface area contributed by atoms with Crippen molar-refractivity contribution in [2.75, 3.05) is 19.7 Å². The summed E-state index contributed by atoms with van der Waals surface area (Å²) in [5.41, 5.74) is 0. The highest BCUT2D eigenvalue weighted by atomic mass is 35.5. The fourth-order valence-electron chi connectivity index (χ4n) is 2.50. The molecule has 112 valence electrons. The van der Waals surface area contributed by atoms with E-state index in [4.69, 9.17) is 16.3 Å². The van der Waals surface area contributed by atoms with Crippen molar-refractivity contribution < 1.29 is 14.9 Å². The highest BCUT2D eigenvalue weighted by molar-refractivity contribution is 6.30. The molecular weight excluding hydrogens is 278 g/mol. The maximum absolute atomic E-state index is 9.84. The van der Waals surface area contributed by atoms with E-state index in [9.17, 15) is 10.2 Å². The van der Waals surface area contributed by atoms with Gasteiger partial charge in [-0.15, -0.1) is 0 Å². The molecule has 1 aliphatic carbocycles.